The minimum atomic E-state index is -3.64. The molecule has 0 aliphatic rings. The van der Waals surface area contributed by atoms with E-state index < -0.39 is 16.0 Å². The van der Waals surface area contributed by atoms with Crippen molar-refractivity contribution in [3.63, 3.8) is 0 Å². The molecule has 0 aliphatic heterocycles. The van der Waals surface area contributed by atoms with Crippen LogP contribution in [0.5, 0.6) is 5.75 Å². The Morgan fingerprint density at radius 3 is 2.64 bits per heavy atom. The van der Waals surface area contributed by atoms with Crippen LogP contribution in [0, 0.1) is 0 Å². The van der Waals surface area contributed by atoms with E-state index in [2.05, 4.69) is 9.46 Å². The zero-order valence-corrected chi connectivity index (χ0v) is 14.3. The lowest BCUT2D eigenvalue weighted by Crippen LogP contribution is -2.32. The molecule has 0 saturated carbocycles. The minimum Gasteiger partial charge on any atom is -0.480 e. The summed E-state index contributed by atoms with van der Waals surface area (Å²) in [6, 6.07) is 3.91. The smallest absolute Gasteiger partial charge is 0.343 e. The molecule has 1 atom stereocenters. The van der Waals surface area contributed by atoms with Crippen molar-refractivity contribution in [1.82, 2.24) is 4.72 Å². The third-order valence-corrected chi connectivity index (χ3v) is 4.75. The number of carbonyl (C=O) groups excluding carboxylic acids is 1. The van der Waals surface area contributed by atoms with Gasteiger partial charge in [-0.05, 0) is 31.5 Å². The number of methoxy groups -OCH3 is 1. The van der Waals surface area contributed by atoms with Gasteiger partial charge in [-0.25, -0.2) is 17.9 Å². The normalized spacial score (nSPS) is 12.7. The first kappa shape index (κ1) is 18.7. The van der Waals surface area contributed by atoms with Gasteiger partial charge in [0.25, 0.3) is 0 Å². The van der Waals surface area contributed by atoms with Crippen molar-refractivity contribution in [1.29, 1.82) is 0 Å². The average molecular weight is 350 g/mol. The molecule has 0 aliphatic carbocycles. The molecule has 0 heterocycles. The lowest BCUT2D eigenvalue weighted by Gasteiger charge is -2.14. The van der Waals surface area contributed by atoms with Gasteiger partial charge in [-0.1, -0.05) is 24.9 Å². The van der Waals surface area contributed by atoms with Crippen LogP contribution in [0.3, 0.4) is 0 Å². The van der Waals surface area contributed by atoms with Crippen LogP contribution in [-0.2, 0) is 19.6 Å². The fraction of sp³-hybridized carbons (Fsp3) is 0.500. The Kier molecular flexibility index (Phi) is 7.12. The van der Waals surface area contributed by atoms with Crippen molar-refractivity contribution >= 4 is 27.6 Å². The van der Waals surface area contributed by atoms with Crippen molar-refractivity contribution in [3.8, 4) is 5.75 Å². The Morgan fingerprint density at radius 1 is 1.41 bits per heavy atom. The van der Waals surface area contributed by atoms with Gasteiger partial charge in [-0.3, -0.25) is 0 Å². The molecule has 8 heteroatoms. The number of hydrogen-bond acceptors (Lipinski definition) is 5. The molecule has 124 valence electrons. The van der Waals surface area contributed by atoms with Gasteiger partial charge >= 0.3 is 5.97 Å². The van der Waals surface area contributed by atoms with Gasteiger partial charge in [0, 0.05) is 6.04 Å². The van der Waals surface area contributed by atoms with Crippen LogP contribution in [0.2, 0.25) is 5.02 Å². The monoisotopic (exact) mass is 349 g/mol. The summed E-state index contributed by atoms with van der Waals surface area (Å²) in [5.74, 6) is -0.338. The highest BCUT2D eigenvalue weighted by Crippen LogP contribution is 2.27. The number of halogens is 1. The van der Waals surface area contributed by atoms with Gasteiger partial charge < -0.3 is 9.47 Å². The Hall–Kier alpha value is -1.31. The largest absolute Gasteiger partial charge is 0.480 e. The van der Waals surface area contributed by atoms with E-state index in [9.17, 15) is 13.2 Å². The predicted molar refractivity (Wildman–Crippen MR) is 83.7 cm³/mol. The first-order valence-corrected chi connectivity index (χ1v) is 8.67. The van der Waals surface area contributed by atoms with Crippen LogP contribution < -0.4 is 9.46 Å². The summed E-state index contributed by atoms with van der Waals surface area (Å²) in [5.41, 5.74) is 0. The van der Waals surface area contributed by atoms with Crippen LogP contribution in [0.4, 0.5) is 0 Å². The van der Waals surface area contributed by atoms with Crippen LogP contribution in [0.15, 0.2) is 23.1 Å². The van der Waals surface area contributed by atoms with Gasteiger partial charge in [-0.2, -0.15) is 0 Å². The quantitative estimate of drug-likeness (QED) is 0.728. The molecule has 1 aromatic carbocycles. The Labute approximate surface area is 135 Å². The highest BCUT2D eigenvalue weighted by atomic mass is 35.5. The molecule has 0 spiro atoms. The number of ether oxygens (including phenoxy) is 2. The molecule has 1 rings (SSSR count). The fourth-order valence-electron chi connectivity index (χ4n) is 1.79. The van der Waals surface area contributed by atoms with Crippen LogP contribution >= 0.6 is 11.6 Å². The second kappa shape index (κ2) is 8.36. The van der Waals surface area contributed by atoms with E-state index in [-0.39, 0.29) is 28.3 Å². The molecule has 1 N–H and O–H groups in total. The SMILES string of the molecule is CCC[C@@H](C)NS(=O)(=O)c1ccc(OCC(=O)OC)c(Cl)c1. The first-order valence-electron chi connectivity index (χ1n) is 6.81. The van der Waals surface area contributed by atoms with Crippen LogP contribution in [0.25, 0.3) is 0 Å². The lowest BCUT2D eigenvalue weighted by atomic mass is 10.2. The molecular weight excluding hydrogens is 330 g/mol. The molecule has 6 nitrogen and oxygen atoms in total. The Morgan fingerprint density at radius 2 is 2.09 bits per heavy atom. The van der Waals surface area contributed by atoms with Gasteiger partial charge in [0.05, 0.1) is 17.0 Å². The highest BCUT2D eigenvalue weighted by Gasteiger charge is 2.18. The second-order valence-corrected chi connectivity index (χ2v) is 6.89. The number of sulfonamides is 1. The Balaban J connectivity index is 2.85. The molecule has 0 amide bonds. The van der Waals surface area contributed by atoms with Crippen molar-refractivity contribution in [3.05, 3.63) is 23.2 Å². The minimum absolute atomic E-state index is 0.0471. The zero-order chi connectivity index (χ0) is 16.8. The summed E-state index contributed by atoms with van der Waals surface area (Å²) in [6.07, 6.45) is 1.62. The van der Waals surface area contributed by atoms with E-state index >= 15 is 0 Å². The summed E-state index contributed by atoms with van der Waals surface area (Å²) in [4.78, 5) is 11.1. The summed E-state index contributed by atoms with van der Waals surface area (Å²) in [6.45, 7) is 3.49. The predicted octanol–water partition coefficient (Wildman–Crippen LogP) is 2.36. The summed E-state index contributed by atoms with van der Waals surface area (Å²) in [5, 5.41) is 0.106. The maximum Gasteiger partial charge on any atom is 0.343 e. The number of nitrogens with one attached hydrogen (secondary N) is 1. The molecule has 22 heavy (non-hydrogen) atoms. The van der Waals surface area contributed by atoms with Crippen LogP contribution in [0.1, 0.15) is 26.7 Å². The molecule has 0 aromatic heterocycles. The maximum absolute atomic E-state index is 12.2. The molecule has 0 saturated heterocycles. The summed E-state index contributed by atoms with van der Waals surface area (Å²) >= 11 is 5.99. The number of rotatable bonds is 8. The van der Waals surface area contributed by atoms with E-state index in [1.807, 2.05) is 6.92 Å². The van der Waals surface area contributed by atoms with Crippen molar-refractivity contribution in [2.75, 3.05) is 13.7 Å². The first-order chi connectivity index (χ1) is 10.3. The molecular formula is C14H20ClNO5S. The van der Waals surface area contributed by atoms with Gasteiger partial charge in [0.1, 0.15) is 5.75 Å². The van der Waals surface area contributed by atoms with Gasteiger partial charge in [-0.15, -0.1) is 0 Å². The third kappa shape index (κ3) is 5.47. The third-order valence-electron chi connectivity index (χ3n) is 2.86. The maximum atomic E-state index is 12.2. The van der Waals surface area contributed by atoms with Crippen molar-refractivity contribution < 1.29 is 22.7 Å². The number of esters is 1. The fourth-order valence-corrected chi connectivity index (χ4v) is 3.39. The van der Waals surface area contributed by atoms with Gasteiger partial charge in [0.2, 0.25) is 10.0 Å². The van der Waals surface area contributed by atoms with Crippen molar-refractivity contribution in [2.24, 2.45) is 0 Å². The zero-order valence-electron chi connectivity index (χ0n) is 12.8. The average Bonchev–Trinajstić information content (AvgIpc) is 2.45. The number of hydrogen-bond donors (Lipinski definition) is 1. The molecule has 0 bridgehead atoms. The second-order valence-electron chi connectivity index (χ2n) is 4.77. The topological polar surface area (TPSA) is 81.7 Å². The van der Waals surface area contributed by atoms with E-state index in [1.54, 1.807) is 6.92 Å². The van der Waals surface area contributed by atoms with E-state index in [0.29, 0.717) is 0 Å². The number of benzene rings is 1. The lowest BCUT2D eigenvalue weighted by molar-refractivity contribution is -0.142. The standard InChI is InChI=1S/C14H20ClNO5S/c1-4-5-10(2)16-22(18,19)11-6-7-13(12(15)8-11)21-9-14(17)20-3/h6-8,10,16H,4-5,9H2,1-3H3/t10-/m1/s1. The number of carbonyl (C=O) groups is 1. The highest BCUT2D eigenvalue weighted by molar-refractivity contribution is 7.89. The molecule has 0 radical (unpaired) electrons. The van der Waals surface area contributed by atoms with Crippen LogP contribution in [-0.4, -0.2) is 34.1 Å². The molecule has 0 unspecified atom stereocenters. The van der Waals surface area contributed by atoms with E-state index in [0.717, 1.165) is 12.8 Å². The summed E-state index contributed by atoms with van der Waals surface area (Å²) < 4.78 is 36.6. The molecule has 1 aromatic rings. The van der Waals surface area contributed by atoms with Gasteiger partial charge in [0.15, 0.2) is 6.61 Å². The van der Waals surface area contributed by atoms with E-state index in [4.69, 9.17) is 16.3 Å². The summed E-state index contributed by atoms with van der Waals surface area (Å²) in [7, 11) is -2.40. The van der Waals surface area contributed by atoms with E-state index in [1.165, 1.54) is 25.3 Å². The Bertz CT molecular complexity index is 618. The van der Waals surface area contributed by atoms with Crippen molar-refractivity contribution in [2.45, 2.75) is 37.6 Å². The molecule has 0 fully saturated rings.